The van der Waals surface area contributed by atoms with E-state index < -0.39 is 23.0 Å². The van der Waals surface area contributed by atoms with Crippen molar-refractivity contribution in [3.8, 4) is 0 Å². The number of halogens is 1. The summed E-state index contributed by atoms with van der Waals surface area (Å²) in [7, 11) is -1.05. The van der Waals surface area contributed by atoms with Gasteiger partial charge < -0.3 is 15.5 Å². The molecule has 3 heterocycles. The molecule has 2 aliphatic rings. The van der Waals surface area contributed by atoms with Crippen LogP contribution < -0.4 is 15.5 Å². The minimum Gasteiger partial charge on any atom is -0.351 e. The van der Waals surface area contributed by atoms with Crippen molar-refractivity contribution in [1.82, 2.24) is 9.97 Å². The standard InChI is InChI=1S/C22H24FN5OS/c1-14-6-7-19-16(10-14)21(28-12-17(23)18(24)13-28)26-22(25-19)27-8-9-30(29)20-5-3-2-4-15(20)11-27/h2-7,10,17-18H,8-9,11-13,24H2,1H3/t17-,18-,30?/m0/s1. The molecule has 0 aliphatic carbocycles. The Morgan fingerprint density at radius 2 is 1.97 bits per heavy atom. The van der Waals surface area contributed by atoms with E-state index in [0.717, 1.165) is 26.9 Å². The maximum absolute atomic E-state index is 14.2. The van der Waals surface area contributed by atoms with Crippen molar-refractivity contribution >= 4 is 33.5 Å². The molecule has 3 atom stereocenters. The molecule has 1 aromatic heterocycles. The number of anilines is 2. The topological polar surface area (TPSA) is 75.4 Å². The molecule has 156 valence electrons. The van der Waals surface area contributed by atoms with Crippen LogP contribution in [0.4, 0.5) is 16.2 Å². The first-order valence-corrected chi connectivity index (χ1v) is 11.5. The summed E-state index contributed by atoms with van der Waals surface area (Å²) in [6, 6.07) is 13.3. The van der Waals surface area contributed by atoms with Crippen molar-refractivity contribution in [3.05, 3.63) is 53.6 Å². The van der Waals surface area contributed by atoms with Crippen molar-refractivity contribution in [1.29, 1.82) is 0 Å². The van der Waals surface area contributed by atoms with Gasteiger partial charge in [-0.2, -0.15) is 4.98 Å². The SMILES string of the molecule is Cc1ccc2nc(N3CCS(=O)c4ccccc4C3)nc(N3C[C@H](N)[C@@H](F)C3)c2c1. The lowest BCUT2D eigenvalue weighted by molar-refractivity contribution is 0.333. The van der Waals surface area contributed by atoms with Crippen LogP contribution in [0.15, 0.2) is 47.4 Å². The maximum atomic E-state index is 14.2. The van der Waals surface area contributed by atoms with Crippen molar-refractivity contribution in [3.63, 3.8) is 0 Å². The zero-order valence-corrected chi connectivity index (χ0v) is 17.6. The highest BCUT2D eigenvalue weighted by atomic mass is 32.2. The predicted octanol–water partition coefficient (Wildman–Crippen LogP) is 2.55. The van der Waals surface area contributed by atoms with Gasteiger partial charge in [0.05, 0.1) is 28.9 Å². The van der Waals surface area contributed by atoms with E-state index in [4.69, 9.17) is 15.7 Å². The summed E-state index contributed by atoms with van der Waals surface area (Å²) in [5, 5.41) is 0.902. The smallest absolute Gasteiger partial charge is 0.228 e. The summed E-state index contributed by atoms with van der Waals surface area (Å²) in [5.41, 5.74) is 8.88. The van der Waals surface area contributed by atoms with Gasteiger partial charge in [-0.1, -0.05) is 29.8 Å². The van der Waals surface area contributed by atoms with E-state index >= 15 is 0 Å². The molecule has 0 spiro atoms. The Kier molecular flexibility index (Phi) is 4.91. The van der Waals surface area contributed by atoms with Gasteiger partial charge in [0, 0.05) is 35.7 Å². The first kappa shape index (κ1) is 19.4. The van der Waals surface area contributed by atoms with Crippen LogP contribution in [0.3, 0.4) is 0 Å². The van der Waals surface area contributed by atoms with Crippen LogP contribution in [0, 0.1) is 6.92 Å². The molecule has 8 heteroatoms. The number of fused-ring (bicyclic) bond motifs is 2. The van der Waals surface area contributed by atoms with Crippen molar-refractivity contribution in [2.75, 3.05) is 35.2 Å². The van der Waals surface area contributed by atoms with Crippen LogP contribution in [0.25, 0.3) is 10.9 Å². The van der Waals surface area contributed by atoms with Gasteiger partial charge in [0.25, 0.3) is 0 Å². The average Bonchev–Trinajstić information content (AvgIpc) is 2.98. The van der Waals surface area contributed by atoms with Crippen LogP contribution in [-0.4, -0.2) is 51.8 Å². The molecule has 1 unspecified atom stereocenters. The quantitative estimate of drug-likeness (QED) is 0.680. The molecule has 5 rings (SSSR count). The molecule has 0 radical (unpaired) electrons. The number of aromatic nitrogens is 2. The predicted molar refractivity (Wildman–Crippen MR) is 118 cm³/mol. The molecule has 0 saturated carbocycles. The Morgan fingerprint density at radius 3 is 2.77 bits per heavy atom. The third-order valence-electron chi connectivity index (χ3n) is 5.82. The van der Waals surface area contributed by atoms with E-state index in [1.54, 1.807) is 0 Å². The number of nitrogens with zero attached hydrogens (tertiary/aromatic N) is 4. The first-order valence-electron chi connectivity index (χ1n) is 10.1. The van der Waals surface area contributed by atoms with E-state index in [-0.39, 0.29) is 6.54 Å². The fourth-order valence-corrected chi connectivity index (χ4v) is 5.44. The van der Waals surface area contributed by atoms with Crippen LogP contribution in [-0.2, 0) is 17.3 Å². The molecular formula is C22H24FN5OS. The minimum absolute atomic E-state index is 0.230. The summed E-state index contributed by atoms with van der Waals surface area (Å²) in [6.07, 6.45) is -1.07. The summed E-state index contributed by atoms with van der Waals surface area (Å²) in [6.45, 7) is 3.85. The zero-order chi connectivity index (χ0) is 20.8. The minimum atomic E-state index is -1.07. The second-order valence-corrected chi connectivity index (χ2v) is 9.57. The molecule has 0 amide bonds. The third-order valence-corrected chi connectivity index (χ3v) is 7.26. The maximum Gasteiger partial charge on any atom is 0.228 e. The number of hydrogen-bond donors (Lipinski definition) is 1. The molecule has 2 aliphatic heterocycles. The van der Waals surface area contributed by atoms with Gasteiger partial charge in [0.2, 0.25) is 5.95 Å². The second kappa shape index (κ2) is 7.59. The fraction of sp³-hybridized carbons (Fsp3) is 0.364. The molecule has 2 aromatic carbocycles. The molecule has 0 bridgehead atoms. The molecule has 1 fully saturated rings. The molecule has 30 heavy (non-hydrogen) atoms. The number of aryl methyl sites for hydroxylation is 1. The van der Waals surface area contributed by atoms with Crippen LogP contribution >= 0.6 is 0 Å². The number of alkyl halides is 1. The average molecular weight is 426 g/mol. The van der Waals surface area contributed by atoms with E-state index in [2.05, 4.69) is 4.90 Å². The monoisotopic (exact) mass is 425 g/mol. The summed E-state index contributed by atoms with van der Waals surface area (Å²) >= 11 is 0. The summed E-state index contributed by atoms with van der Waals surface area (Å²) in [4.78, 5) is 14.6. The molecular weight excluding hydrogens is 401 g/mol. The van der Waals surface area contributed by atoms with E-state index in [0.29, 0.717) is 37.2 Å². The highest BCUT2D eigenvalue weighted by Gasteiger charge is 2.32. The Labute approximate surface area is 177 Å². The second-order valence-electron chi connectivity index (χ2n) is 8.03. The van der Waals surface area contributed by atoms with E-state index in [1.165, 1.54) is 0 Å². The lowest BCUT2D eigenvalue weighted by Gasteiger charge is -2.24. The van der Waals surface area contributed by atoms with Gasteiger partial charge in [-0.05, 0) is 30.7 Å². The van der Waals surface area contributed by atoms with Gasteiger partial charge >= 0.3 is 0 Å². The van der Waals surface area contributed by atoms with Crippen molar-refractivity contribution in [2.45, 2.75) is 30.6 Å². The highest BCUT2D eigenvalue weighted by Crippen LogP contribution is 2.31. The number of nitrogens with two attached hydrogens (primary N) is 1. The fourth-order valence-electron chi connectivity index (χ4n) is 4.17. The Bertz CT molecular complexity index is 1130. The van der Waals surface area contributed by atoms with E-state index in [9.17, 15) is 8.60 Å². The summed E-state index contributed by atoms with van der Waals surface area (Å²) < 4.78 is 26.9. The van der Waals surface area contributed by atoms with Gasteiger partial charge in [0.15, 0.2) is 0 Å². The molecule has 6 nitrogen and oxygen atoms in total. The van der Waals surface area contributed by atoms with E-state index in [1.807, 2.05) is 54.3 Å². The Hall–Kier alpha value is -2.58. The Morgan fingerprint density at radius 1 is 1.13 bits per heavy atom. The largest absolute Gasteiger partial charge is 0.351 e. The first-order chi connectivity index (χ1) is 14.5. The summed E-state index contributed by atoms with van der Waals surface area (Å²) in [5.74, 6) is 1.81. The van der Waals surface area contributed by atoms with Crippen molar-refractivity contribution in [2.24, 2.45) is 5.73 Å². The van der Waals surface area contributed by atoms with Gasteiger partial charge in [-0.15, -0.1) is 0 Å². The van der Waals surface area contributed by atoms with Crippen LogP contribution in [0.1, 0.15) is 11.1 Å². The van der Waals surface area contributed by atoms with Gasteiger partial charge in [-0.3, -0.25) is 4.21 Å². The van der Waals surface area contributed by atoms with Crippen LogP contribution in [0.2, 0.25) is 0 Å². The highest BCUT2D eigenvalue weighted by molar-refractivity contribution is 7.85. The molecule has 1 saturated heterocycles. The number of rotatable bonds is 2. The van der Waals surface area contributed by atoms with Crippen molar-refractivity contribution < 1.29 is 8.60 Å². The third kappa shape index (κ3) is 3.44. The molecule has 3 aromatic rings. The number of hydrogen-bond acceptors (Lipinski definition) is 6. The lowest BCUT2D eigenvalue weighted by Crippen LogP contribution is -2.31. The molecule has 2 N–H and O–H groups in total. The van der Waals surface area contributed by atoms with Gasteiger partial charge in [-0.25, -0.2) is 9.37 Å². The normalized spacial score (nSPS) is 24.2. The van der Waals surface area contributed by atoms with Crippen LogP contribution in [0.5, 0.6) is 0 Å². The van der Waals surface area contributed by atoms with Gasteiger partial charge in [0.1, 0.15) is 12.0 Å². The zero-order valence-electron chi connectivity index (χ0n) is 16.8. The lowest BCUT2D eigenvalue weighted by atomic mass is 10.1. The number of benzene rings is 2. The Balaban J connectivity index is 1.60.